The van der Waals surface area contributed by atoms with E-state index in [0.29, 0.717) is 31.8 Å². The van der Waals surface area contributed by atoms with E-state index in [2.05, 4.69) is 31.8 Å². The highest BCUT2D eigenvalue weighted by atomic mass is 16.2. The molecule has 0 aromatic carbocycles. The molecule has 0 bridgehead atoms. The summed E-state index contributed by atoms with van der Waals surface area (Å²) in [6.07, 6.45) is 7.46. The Bertz CT molecular complexity index is 775. The van der Waals surface area contributed by atoms with E-state index < -0.39 is 5.54 Å². The highest BCUT2D eigenvalue weighted by Gasteiger charge is 2.45. The van der Waals surface area contributed by atoms with E-state index in [1.54, 1.807) is 14.0 Å². The Labute approximate surface area is 172 Å². The van der Waals surface area contributed by atoms with Crippen LogP contribution in [0, 0.1) is 5.92 Å². The number of urea groups is 1. The van der Waals surface area contributed by atoms with Gasteiger partial charge >= 0.3 is 6.03 Å². The van der Waals surface area contributed by atoms with Crippen molar-refractivity contribution in [1.29, 1.82) is 0 Å². The first-order valence-electron chi connectivity index (χ1n) is 10.4. The zero-order valence-corrected chi connectivity index (χ0v) is 17.9. The Balaban J connectivity index is 1.42. The van der Waals surface area contributed by atoms with Crippen molar-refractivity contribution in [2.75, 3.05) is 33.2 Å². The number of aromatic nitrogens is 2. The number of aliphatic imine (C=N–C) groups is 1. The monoisotopic (exact) mass is 403 g/mol. The second kappa shape index (κ2) is 8.84. The third-order valence-electron chi connectivity index (χ3n) is 5.97. The van der Waals surface area contributed by atoms with E-state index in [4.69, 9.17) is 0 Å². The summed E-state index contributed by atoms with van der Waals surface area (Å²) in [6, 6.07) is -0.290. The quantitative estimate of drug-likeness (QED) is 0.306. The maximum absolute atomic E-state index is 12.4. The van der Waals surface area contributed by atoms with Gasteiger partial charge in [0, 0.05) is 46.5 Å². The minimum atomic E-state index is -0.764. The van der Waals surface area contributed by atoms with E-state index in [1.807, 2.05) is 24.9 Å². The number of nitrogens with zero attached hydrogens (tertiary/aromatic N) is 5. The molecule has 0 saturated carbocycles. The lowest BCUT2D eigenvalue weighted by atomic mass is 9.99. The van der Waals surface area contributed by atoms with Gasteiger partial charge in [-0.05, 0) is 44.1 Å². The van der Waals surface area contributed by atoms with Crippen LogP contribution in [0.5, 0.6) is 0 Å². The molecule has 2 atom stereocenters. The fraction of sp³-hybridized carbons (Fsp3) is 0.700. The fourth-order valence-corrected chi connectivity index (χ4v) is 4.06. The molecule has 0 radical (unpaired) electrons. The number of carbonyl (C=O) groups excluding carboxylic acids is 2. The molecule has 1 aromatic rings. The minimum absolute atomic E-state index is 0.132. The van der Waals surface area contributed by atoms with Crippen LogP contribution in [-0.4, -0.2) is 76.2 Å². The van der Waals surface area contributed by atoms with E-state index in [-0.39, 0.29) is 11.9 Å². The molecule has 29 heavy (non-hydrogen) atoms. The Morgan fingerprint density at radius 3 is 2.86 bits per heavy atom. The Morgan fingerprint density at radius 1 is 1.45 bits per heavy atom. The average Bonchev–Trinajstić information content (AvgIpc) is 3.37. The van der Waals surface area contributed by atoms with Crippen molar-refractivity contribution in [2.45, 2.75) is 45.1 Å². The maximum Gasteiger partial charge on any atom is 0.325 e. The lowest BCUT2D eigenvalue weighted by Crippen LogP contribution is -2.43. The summed E-state index contributed by atoms with van der Waals surface area (Å²) in [5.74, 6) is 1.34. The van der Waals surface area contributed by atoms with Gasteiger partial charge in [0.05, 0.1) is 6.20 Å². The normalized spacial score (nSPS) is 25.1. The molecule has 3 rings (SSSR count). The number of likely N-dealkylation sites (tertiary alicyclic amines) is 1. The molecule has 1 aromatic heterocycles. The smallest absolute Gasteiger partial charge is 0.325 e. The molecular formula is C20H33N7O2. The van der Waals surface area contributed by atoms with Crippen molar-refractivity contribution in [2.24, 2.45) is 18.0 Å². The van der Waals surface area contributed by atoms with Crippen molar-refractivity contribution in [3.63, 3.8) is 0 Å². The molecule has 0 aliphatic carbocycles. The van der Waals surface area contributed by atoms with Crippen molar-refractivity contribution in [3.8, 4) is 0 Å². The summed E-state index contributed by atoms with van der Waals surface area (Å²) in [6.45, 7) is 6.71. The summed E-state index contributed by atoms with van der Waals surface area (Å²) in [5.41, 5.74) is 0.509. The van der Waals surface area contributed by atoms with Crippen molar-refractivity contribution in [3.05, 3.63) is 18.0 Å². The predicted octanol–water partition coefficient (Wildman–Crippen LogP) is 0.971. The summed E-state index contributed by atoms with van der Waals surface area (Å²) >= 11 is 0. The number of amides is 3. The molecule has 0 spiro atoms. The van der Waals surface area contributed by atoms with Gasteiger partial charge in [-0.3, -0.25) is 19.4 Å². The third kappa shape index (κ3) is 4.71. The van der Waals surface area contributed by atoms with Crippen molar-refractivity contribution < 1.29 is 9.59 Å². The van der Waals surface area contributed by atoms with Crippen LogP contribution in [0.3, 0.4) is 0 Å². The molecule has 2 aliphatic rings. The first-order valence-corrected chi connectivity index (χ1v) is 10.4. The number of aryl methyl sites for hydroxylation is 1. The second-order valence-electron chi connectivity index (χ2n) is 8.23. The van der Waals surface area contributed by atoms with Crippen LogP contribution >= 0.6 is 0 Å². The van der Waals surface area contributed by atoms with Crippen LogP contribution in [0.15, 0.2) is 17.4 Å². The van der Waals surface area contributed by atoms with Crippen molar-refractivity contribution in [1.82, 2.24) is 30.2 Å². The largest absolute Gasteiger partial charge is 0.356 e. The number of nitrogens with one attached hydrogen (secondary N) is 2. The zero-order valence-electron chi connectivity index (χ0n) is 17.9. The van der Waals surface area contributed by atoms with Gasteiger partial charge in [0.2, 0.25) is 0 Å². The van der Waals surface area contributed by atoms with Crippen LogP contribution in [0.1, 0.15) is 38.7 Å². The number of hydrogen-bond donors (Lipinski definition) is 2. The van der Waals surface area contributed by atoms with Gasteiger partial charge in [-0.15, -0.1) is 0 Å². The summed E-state index contributed by atoms with van der Waals surface area (Å²) in [5, 5.41) is 10.4. The Hall–Kier alpha value is -2.58. The van der Waals surface area contributed by atoms with Gasteiger partial charge < -0.3 is 15.5 Å². The highest BCUT2D eigenvalue weighted by molar-refractivity contribution is 6.06. The summed E-state index contributed by atoms with van der Waals surface area (Å²) < 4.78 is 1.84. The molecule has 2 saturated heterocycles. The average molecular weight is 404 g/mol. The standard InChI is InChI=1S/C20H33N7O2/c1-5-20(2)17(28)27(19(29)24-20)9-6-8-22-18(21-3)26-10-7-15(14-26)11-16-12-23-25(4)13-16/h12-13,15H,5-11,14H2,1-4H3,(H,21,22)(H,24,29). The molecule has 2 N–H and O–H groups in total. The highest BCUT2D eigenvalue weighted by Crippen LogP contribution is 2.22. The predicted molar refractivity (Wildman–Crippen MR) is 112 cm³/mol. The van der Waals surface area contributed by atoms with Crippen LogP contribution < -0.4 is 10.6 Å². The first-order chi connectivity index (χ1) is 13.9. The maximum atomic E-state index is 12.4. The van der Waals surface area contributed by atoms with Crippen molar-refractivity contribution >= 4 is 17.9 Å². The molecule has 3 heterocycles. The third-order valence-corrected chi connectivity index (χ3v) is 5.97. The van der Waals surface area contributed by atoms with Crippen LogP contribution in [0.25, 0.3) is 0 Å². The van der Waals surface area contributed by atoms with Gasteiger partial charge in [-0.2, -0.15) is 5.10 Å². The lowest BCUT2D eigenvalue weighted by molar-refractivity contribution is -0.130. The minimum Gasteiger partial charge on any atom is -0.356 e. The number of imide groups is 1. The molecule has 2 unspecified atom stereocenters. The van der Waals surface area contributed by atoms with Crippen LogP contribution in [0.2, 0.25) is 0 Å². The fourth-order valence-electron chi connectivity index (χ4n) is 4.06. The number of guanidine groups is 1. The first kappa shape index (κ1) is 21.1. The second-order valence-corrected chi connectivity index (χ2v) is 8.23. The van der Waals surface area contributed by atoms with Gasteiger partial charge in [-0.25, -0.2) is 4.79 Å². The zero-order chi connectivity index (χ0) is 21.0. The van der Waals surface area contributed by atoms with E-state index >= 15 is 0 Å². The topological polar surface area (TPSA) is 94.9 Å². The summed E-state index contributed by atoms with van der Waals surface area (Å²) in [7, 11) is 3.74. The van der Waals surface area contributed by atoms with Gasteiger partial charge in [0.15, 0.2) is 5.96 Å². The Morgan fingerprint density at radius 2 is 2.24 bits per heavy atom. The van der Waals surface area contributed by atoms with E-state index in [0.717, 1.165) is 31.9 Å². The number of hydrogen-bond acceptors (Lipinski definition) is 4. The number of rotatable bonds is 7. The van der Waals surface area contributed by atoms with Gasteiger partial charge in [0.25, 0.3) is 5.91 Å². The Kier molecular flexibility index (Phi) is 6.44. The molecular weight excluding hydrogens is 370 g/mol. The molecule has 3 amide bonds. The van der Waals surface area contributed by atoms with Crippen LogP contribution in [-0.2, 0) is 18.3 Å². The number of carbonyl (C=O) groups is 2. The lowest BCUT2D eigenvalue weighted by Gasteiger charge is -2.22. The molecule has 160 valence electrons. The summed E-state index contributed by atoms with van der Waals surface area (Å²) in [4.78, 5) is 32.5. The van der Waals surface area contributed by atoms with E-state index in [1.165, 1.54) is 10.5 Å². The molecule has 9 heteroatoms. The SMILES string of the molecule is CCC1(C)NC(=O)N(CCCNC(=NC)N2CCC(Cc3cnn(C)c3)C2)C1=O. The molecule has 2 aliphatic heterocycles. The van der Waals surface area contributed by atoms with Crippen LogP contribution in [0.4, 0.5) is 4.79 Å². The molecule has 9 nitrogen and oxygen atoms in total. The van der Waals surface area contributed by atoms with Gasteiger partial charge in [-0.1, -0.05) is 6.92 Å². The molecule has 2 fully saturated rings. The van der Waals surface area contributed by atoms with Gasteiger partial charge in [0.1, 0.15) is 5.54 Å². The van der Waals surface area contributed by atoms with E-state index in [9.17, 15) is 9.59 Å².